The van der Waals surface area contributed by atoms with Crippen LogP contribution in [0.15, 0.2) is 21.7 Å². The molecular weight excluding hydrogens is 348 g/mol. The zero-order valence-corrected chi connectivity index (χ0v) is 12.8. The van der Waals surface area contributed by atoms with Crippen molar-refractivity contribution < 1.29 is 19.9 Å². The second-order valence-electron chi connectivity index (χ2n) is 4.65. The molecule has 2 rings (SSSR count). The van der Waals surface area contributed by atoms with E-state index in [9.17, 15) is 24.5 Å². The lowest BCUT2D eigenvalue weighted by atomic mass is 10.1. The van der Waals surface area contributed by atoms with E-state index in [-0.39, 0.29) is 41.2 Å². The summed E-state index contributed by atoms with van der Waals surface area (Å²) in [4.78, 5) is 48.4. The number of hydrogen-bond acceptors (Lipinski definition) is 7. The predicted molar refractivity (Wildman–Crippen MR) is 84.4 cm³/mol. The largest absolute Gasteiger partial charge is 0.480 e. The predicted octanol–water partition coefficient (Wildman–Crippen LogP) is -0.919. The first-order chi connectivity index (χ1) is 10.8. The molecule has 0 spiro atoms. The number of carboxylic acids is 1. The molecule has 130 valence electrons. The third kappa shape index (κ3) is 3.95. The van der Waals surface area contributed by atoms with Gasteiger partial charge in [-0.3, -0.25) is 29.8 Å². The SMILES string of the molecule is Cl.O=C(O)[C@H](CO)NCc1cc([N+](=O)[O-])cc2[nH]c(=O)c(=O)[nH]c12. The molecule has 1 aromatic heterocycles. The fourth-order valence-corrected chi connectivity index (χ4v) is 1.99. The van der Waals surface area contributed by atoms with Gasteiger partial charge in [-0.25, -0.2) is 0 Å². The van der Waals surface area contributed by atoms with E-state index >= 15 is 0 Å². The van der Waals surface area contributed by atoms with E-state index in [1.807, 2.05) is 0 Å². The number of hydrogen-bond donors (Lipinski definition) is 5. The number of aliphatic hydroxyl groups excluding tert-OH is 1. The van der Waals surface area contributed by atoms with Crippen LogP contribution in [0.4, 0.5) is 5.69 Å². The average Bonchev–Trinajstić information content (AvgIpc) is 2.48. The maximum atomic E-state index is 11.4. The van der Waals surface area contributed by atoms with Crippen molar-refractivity contribution in [2.75, 3.05) is 6.61 Å². The zero-order chi connectivity index (χ0) is 17.1. The summed E-state index contributed by atoms with van der Waals surface area (Å²) >= 11 is 0. The number of carbonyl (C=O) groups is 1. The first-order valence-corrected chi connectivity index (χ1v) is 6.34. The van der Waals surface area contributed by atoms with Gasteiger partial charge < -0.3 is 20.2 Å². The quantitative estimate of drug-likeness (QED) is 0.249. The maximum absolute atomic E-state index is 11.4. The molecular formula is C12H13ClN4O7. The first-order valence-electron chi connectivity index (χ1n) is 6.34. The summed E-state index contributed by atoms with van der Waals surface area (Å²) in [5.41, 5.74) is -1.87. The van der Waals surface area contributed by atoms with E-state index < -0.39 is 34.7 Å². The van der Waals surface area contributed by atoms with E-state index in [2.05, 4.69) is 15.3 Å². The summed E-state index contributed by atoms with van der Waals surface area (Å²) in [7, 11) is 0. The first kappa shape index (κ1) is 19.3. The molecule has 0 fully saturated rings. The molecule has 1 heterocycles. The molecule has 0 unspecified atom stereocenters. The van der Waals surface area contributed by atoms with Crippen LogP contribution in [0.3, 0.4) is 0 Å². The van der Waals surface area contributed by atoms with Crippen LogP contribution in [-0.4, -0.2) is 43.7 Å². The summed E-state index contributed by atoms with van der Waals surface area (Å²) in [6.45, 7) is -0.868. The van der Waals surface area contributed by atoms with Crippen molar-refractivity contribution in [2.24, 2.45) is 0 Å². The molecule has 0 aliphatic heterocycles. The van der Waals surface area contributed by atoms with Crippen molar-refractivity contribution >= 4 is 35.1 Å². The number of nitrogens with zero attached hydrogens (tertiary/aromatic N) is 1. The lowest BCUT2D eigenvalue weighted by molar-refractivity contribution is -0.384. The fourth-order valence-electron chi connectivity index (χ4n) is 1.99. The van der Waals surface area contributed by atoms with E-state index in [4.69, 9.17) is 10.2 Å². The van der Waals surface area contributed by atoms with Gasteiger partial charge in [0.25, 0.3) is 5.69 Å². The monoisotopic (exact) mass is 360 g/mol. The van der Waals surface area contributed by atoms with Gasteiger partial charge in [0.15, 0.2) is 0 Å². The van der Waals surface area contributed by atoms with Crippen molar-refractivity contribution in [3.8, 4) is 0 Å². The number of aromatic amines is 2. The number of rotatable bonds is 6. The zero-order valence-electron chi connectivity index (χ0n) is 11.9. The third-order valence-corrected chi connectivity index (χ3v) is 3.13. The molecule has 11 nitrogen and oxygen atoms in total. The second kappa shape index (κ2) is 7.68. The van der Waals surface area contributed by atoms with Gasteiger partial charge in [0.2, 0.25) is 0 Å². The van der Waals surface area contributed by atoms with E-state index in [0.29, 0.717) is 0 Å². The number of benzene rings is 1. The maximum Gasteiger partial charge on any atom is 0.323 e. The van der Waals surface area contributed by atoms with Gasteiger partial charge >= 0.3 is 17.1 Å². The van der Waals surface area contributed by atoms with Crippen molar-refractivity contribution in [2.45, 2.75) is 12.6 Å². The number of H-pyrrole nitrogens is 2. The van der Waals surface area contributed by atoms with Crippen LogP contribution in [-0.2, 0) is 11.3 Å². The van der Waals surface area contributed by atoms with E-state index in [0.717, 1.165) is 12.1 Å². The molecule has 2 aromatic rings. The summed E-state index contributed by atoms with van der Waals surface area (Å²) in [6, 6.07) is 0.940. The topological polar surface area (TPSA) is 178 Å². The van der Waals surface area contributed by atoms with Crippen molar-refractivity contribution in [1.29, 1.82) is 0 Å². The number of nitrogens with one attached hydrogen (secondary N) is 3. The minimum Gasteiger partial charge on any atom is -0.480 e. The number of nitro benzene ring substituents is 1. The van der Waals surface area contributed by atoms with Crippen LogP contribution in [0.5, 0.6) is 0 Å². The van der Waals surface area contributed by atoms with Crippen molar-refractivity contribution in [1.82, 2.24) is 15.3 Å². The number of fused-ring (bicyclic) bond motifs is 1. The van der Waals surface area contributed by atoms with Gasteiger partial charge in [-0.15, -0.1) is 12.4 Å². The summed E-state index contributed by atoms with van der Waals surface area (Å²) in [6.07, 6.45) is 0. The van der Waals surface area contributed by atoms with Crippen LogP contribution in [0, 0.1) is 10.1 Å². The molecule has 0 aliphatic carbocycles. The Bertz CT molecular complexity index is 891. The molecule has 12 heteroatoms. The van der Waals surface area contributed by atoms with Crippen molar-refractivity contribution in [3.05, 3.63) is 48.5 Å². The van der Waals surface area contributed by atoms with Crippen LogP contribution >= 0.6 is 12.4 Å². The van der Waals surface area contributed by atoms with Crippen LogP contribution < -0.4 is 16.4 Å². The smallest absolute Gasteiger partial charge is 0.323 e. The number of halogens is 1. The number of aliphatic hydroxyl groups is 1. The van der Waals surface area contributed by atoms with E-state index in [1.165, 1.54) is 0 Å². The van der Waals surface area contributed by atoms with Crippen molar-refractivity contribution in [3.63, 3.8) is 0 Å². The molecule has 0 radical (unpaired) electrons. The lowest BCUT2D eigenvalue weighted by Crippen LogP contribution is -2.39. The standard InChI is InChI=1S/C12H12N4O7.ClH/c17-4-8(12(20)21)13-3-5-1-6(16(22)23)2-7-9(5)15-11(19)10(18)14-7;/h1-2,8,13,17H,3-4H2,(H,14,18)(H,15,19)(H,20,21);1H/t8-;/m0./s1. The Kier molecular flexibility index (Phi) is 6.17. The Balaban J connectivity index is 0.00000288. The van der Waals surface area contributed by atoms with Gasteiger partial charge in [-0.05, 0) is 5.56 Å². The minimum absolute atomic E-state index is 0. The normalized spacial score (nSPS) is 11.7. The highest BCUT2D eigenvalue weighted by Gasteiger charge is 2.18. The number of non-ortho nitro benzene ring substituents is 1. The fraction of sp³-hybridized carbons (Fsp3) is 0.250. The Hall–Kier alpha value is -2.76. The minimum atomic E-state index is -1.30. The molecule has 0 aliphatic rings. The summed E-state index contributed by atoms with van der Waals surface area (Å²) in [5, 5.41) is 31.2. The van der Waals surface area contributed by atoms with Gasteiger partial charge in [0.1, 0.15) is 6.04 Å². The molecule has 5 N–H and O–H groups in total. The molecule has 0 saturated heterocycles. The highest BCUT2D eigenvalue weighted by molar-refractivity contribution is 5.85. The molecule has 1 aromatic carbocycles. The number of aliphatic carboxylic acids is 1. The summed E-state index contributed by atoms with van der Waals surface area (Å²) in [5.74, 6) is -1.30. The van der Waals surface area contributed by atoms with Gasteiger partial charge in [0, 0.05) is 18.7 Å². The Morgan fingerprint density at radius 1 is 1.29 bits per heavy atom. The lowest BCUT2D eigenvalue weighted by Gasteiger charge is -2.12. The van der Waals surface area contributed by atoms with Gasteiger partial charge in [0.05, 0.1) is 22.6 Å². The molecule has 0 amide bonds. The molecule has 24 heavy (non-hydrogen) atoms. The molecule has 0 bridgehead atoms. The Morgan fingerprint density at radius 2 is 1.92 bits per heavy atom. The Morgan fingerprint density at radius 3 is 2.46 bits per heavy atom. The van der Waals surface area contributed by atoms with Crippen LogP contribution in [0.1, 0.15) is 5.56 Å². The number of aromatic nitrogens is 2. The van der Waals surface area contributed by atoms with Gasteiger partial charge in [-0.1, -0.05) is 0 Å². The van der Waals surface area contributed by atoms with Crippen LogP contribution in [0.25, 0.3) is 11.0 Å². The summed E-state index contributed by atoms with van der Waals surface area (Å²) < 4.78 is 0. The molecule has 1 atom stereocenters. The van der Waals surface area contributed by atoms with E-state index in [1.54, 1.807) is 0 Å². The van der Waals surface area contributed by atoms with Crippen LogP contribution in [0.2, 0.25) is 0 Å². The number of nitro groups is 1. The average molecular weight is 361 g/mol. The highest BCUT2D eigenvalue weighted by Crippen LogP contribution is 2.21. The number of carboxylic acid groups (broad SMARTS) is 1. The second-order valence-corrected chi connectivity index (χ2v) is 4.65. The highest BCUT2D eigenvalue weighted by atomic mass is 35.5. The van der Waals surface area contributed by atoms with Gasteiger partial charge in [-0.2, -0.15) is 0 Å². The third-order valence-electron chi connectivity index (χ3n) is 3.13. The molecule has 0 saturated carbocycles. The Labute approximate surface area is 138 Å².